The average molecular weight is 127 g/mol. The molecule has 0 atom stereocenters. The highest BCUT2D eigenvalue weighted by atomic mass is 16.2. The first kappa shape index (κ1) is 5.74. The second kappa shape index (κ2) is 1.85. The molecule has 0 aliphatic heterocycles. The van der Waals surface area contributed by atoms with Crippen molar-refractivity contribution in [2.75, 3.05) is 0 Å². The molecule has 5 heteroatoms. The van der Waals surface area contributed by atoms with Gasteiger partial charge in [-0.05, 0) is 6.92 Å². The van der Waals surface area contributed by atoms with Gasteiger partial charge < -0.3 is 0 Å². The second-order valence-electron chi connectivity index (χ2n) is 1.58. The predicted molar refractivity (Wildman–Crippen MR) is 30.2 cm³/mol. The topological polar surface area (TPSA) is 78.6 Å². The smallest absolute Gasteiger partial charge is 0.296 e. The van der Waals surface area contributed by atoms with Gasteiger partial charge in [0.25, 0.3) is 0 Å². The Labute approximate surface area is 49.8 Å². The van der Waals surface area contributed by atoms with Crippen LogP contribution in [0.3, 0.4) is 0 Å². The minimum atomic E-state index is -0.615. The molecule has 0 aliphatic carbocycles. The molecule has 0 aromatic carbocycles. The molecule has 0 fully saturated rings. The van der Waals surface area contributed by atoms with Crippen LogP contribution in [0.1, 0.15) is 5.82 Å². The van der Waals surface area contributed by atoms with Crippen molar-refractivity contribution in [1.82, 2.24) is 15.0 Å². The SMILES string of the molecule is Cc1nc(=O)[nH]c(=O)[nH]1. The molecular formula is C4H5N3O2. The summed E-state index contributed by atoms with van der Waals surface area (Å²) in [6, 6.07) is 0. The third kappa shape index (κ3) is 1.25. The Bertz CT molecular complexity index is 282. The van der Waals surface area contributed by atoms with Gasteiger partial charge in [-0.3, -0.25) is 9.97 Å². The minimum Gasteiger partial charge on any atom is -0.296 e. The van der Waals surface area contributed by atoms with E-state index in [2.05, 4.69) is 9.97 Å². The molecule has 5 nitrogen and oxygen atoms in total. The number of H-pyrrole nitrogens is 2. The molecule has 0 saturated heterocycles. The normalized spacial score (nSPS) is 9.44. The Morgan fingerprint density at radius 3 is 2.44 bits per heavy atom. The molecule has 0 spiro atoms. The van der Waals surface area contributed by atoms with Gasteiger partial charge in [-0.1, -0.05) is 0 Å². The Kier molecular flexibility index (Phi) is 1.18. The quantitative estimate of drug-likeness (QED) is 0.457. The minimum absolute atomic E-state index is 0.323. The number of nitrogens with zero attached hydrogens (tertiary/aromatic N) is 1. The highest BCUT2D eigenvalue weighted by molar-refractivity contribution is 4.75. The van der Waals surface area contributed by atoms with Gasteiger partial charge in [0.2, 0.25) is 0 Å². The molecule has 0 unspecified atom stereocenters. The number of nitrogens with one attached hydrogen (secondary N) is 2. The standard InChI is InChI=1S/C4H5N3O2/c1-2-5-3(8)7-4(9)6-2/h1H3,(H2,5,6,7,8,9). The molecule has 2 N–H and O–H groups in total. The van der Waals surface area contributed by atoms with E-state index in [-0.39, 0.29) is 0 Å². The zero-order valence-electron chi connectivity index (χ0n) is 4.76. The second-order valence-corrected chi connectivity index (χ2v) is 1.58. The van der Waals surface area contributed by atoms with Gasteiger partial charge in [-0.25, -0.2) is 9.59 Å². The van der Waals surface area contributed by atoms with Crippen molar-refractivity contribution < 1.29 is 0 Å². The first-order valence-corrected chi connectivity index (χ1v) is 2.36. The average Bonchev–Trinajstić information content (AvgIpc) is 1.59. The summed E-state index contributed by atoms with van der Waals surface area (Å²) in [5.74, 6) is 0.323. The third-order valence-corrected chi connectivity index (χ3v) is 0.784. The summed E-state index contributed by atoms with van der Waals surface area (Å²) >= 11 is 0. The summed E-state index contributed by atoms with van der Waals surface area (Å²) in [7, 11) is 0. The summed E-state index contributed by atoms with van der Waals surface area (Å²) < 4.78 is 0. The van der Waals surface area contributed by atoms with E-state index < -0.39 is 11.4 Å². The Morgan fingerprint density at radius 1 is 1.33 bits per heavy atom. The largest absolute Gasteiger partial charge is 0.350 e. The lowest BCUT2D eigenvalue weighted by molar-refractivity contribution is 0.883. The number of hydrogen-bond donors (Lipinski definition) is 2. The Hall–Kier alpha value is -1.39. The lowest BCUT2D eigenvalue weighted by Crippen LogP contribution is -2.25. The third-order valence-electron chi connectivity index (χ3n) is 0.784. The molecule has 0 aliphatic rings. The van der Waals surface area contributed by atoms with Crippen molar-refractivity contribution in [2.45, 2.75) is 6.92 Å². The molecule has 1 heterocycles. The van der Waals surface area contributed by atoms with Crippen LogP contribution < -0.4 is 11.4 Å². The zero-order chi connectivity index (χ0) is 6.85. The molecule has 0 amide bonds. The van der Waals surface area contributed by atoms with Crippen LogP contribution in [-0.4, -0.2) is 15.0 Å². The van der Waals surface area contributed by atoms with Crippen LogP contribution in [0.4, 0.5) is 0 Å². The van der Waals surface area contributed by atoms with Gasteiger partial charge >= 0.3 is 11.4 Å². The molecular weight excluding hydrogens is 122 g/mol. The van der Waals surface area contributed by atoms with E-state index in [9.17, 15) is 9.59 Å². The van der Waals surface area contributed by atoms with E-state index in [1.54, 1.807) is 0 Å². The summed E-state index contributed by atoms with van der Waals surface area (Å²) in [4.78, 5) is 28.3. The van der Waals surface area contributed by atoms with E-state index >= 15 is 0 Å². The number of aryl methyl sites for hydroxylation is 1. The highest BCUT2D eigenvalue weighted by Gasteiger charge is 1.87. The first-order chi connectivity index (χ1) is 4.18. The Balaban J connectivity index is 3.52. The van der Waals surface area contributed by atoms with E-state index in [1.165, 1.54) is 6.92 Å². The van der Waals surface area contributed by atoms with Crippen molar-refractivity contribution >= 4 is 0 Å². The van der Waals surface area contributed by atoms with Crippen molar-refractivity contribution in [2.24, 2.45) is 0 Å². The maximum Gasteiger partial charge on any atom is 0.350 e. The fraction of sp³-hybridized carbons (Fsp3) is 0.250. The number of hydrogen-bond acceptors (Lipinski definition) is 3. The van der Waals surface area contributed by atoms with Crippen LogP contribution in [0, 0.1) is 6.92 Å². The van der Waals surface area contributed by atoms with Crippen molar-refractivity contribution in [1.29, 1.82) is 0 Å². The van der Waals surface area contributed by atoms with Crippen molar-refractivity contribution in [3.63, 3.8) is 0 Å². The molecule has 0 saturated carbocycles. The van der Waals surface area contributed by atoms with E-state index in [0.717, 1.165) is 0 Å². The van der Waals surface area contributed by atoms with Crippen LogP contribution in [0.15, 0.2) is 9.59 Å². The summed E-state index contributed by atoms with van der Waals surface area (Å²) in [5.41, 5.74) is -1.14. The molecule has 1 rings (SSSR count). The van der Waals surface area contributed by atoms with Crippen molar-refractivity contribution in [3.05, 3.63) is 26.8 Å². The predicted octanol–water partition coefficient (Wildman–Crippen LogP) is -1.23. The molecule has 1 aromatic rings. The monoisotopic (exact) mass is 127 g/mol. The summed E-state index contributed by atoms with van der Waals surface area (Å²) in [6.45, 7) is 1.54. The maximum atomic E-state index is 10.4. The molecule has 48 valence electrons. The summed E-state index contributed by atoms with van der Waals surface area (Å²) in [5, 5.41) is 0. The van der Waals surface area contributed by atoms with Gasteiger partial charge in [0.15, 0.2) is 0 Å². The first-order valence-electron chi connectivity index (χ1n) is 2.36. The van der Waals surface area contributed by atoms with Crippen LogP contribution in [-0.2, 0) is 0 Å². The molecule has 0 bridgehead atoms. The lowest BCUT2D eigenvalue weighted by Gasteiger charge is -1.84. The van der Waals surface area contributed by atoms with E-state index in [0.29, 0.717) is 5.82 Å². The van der Waals surface area contributed by atoms with Crippen LogP contribution in [0.25, 0.3) is 0 Å². The fourth-order valence-corrected chi connectivity index (χ4v) is 0.501. The zero-order valence-corrected chi connectivity index (χ0v) is 4.76. The Morgan fingerprint density at radius 2 is 2.00 bits per heavy atom. The van der Waals surface area contributed by atoms with Gasteiger partial charge in [0, 0.05) is 0 Å². The number of aromatic amines is 2. The molecule has 9 heavy (non-hydrogen) atoms. The van der Waals surface area contributed by atoms with Crippen LogP contribution in [0.5, 0.6) is 0 Å². The fourth-order valence-electron chi connectivity index (χ4n) is 0.501. The van der Waals surface area contributed by atoms with E-state index in [1.807, 2.05) is 4.98 Å². The van der Waals surface area contributed by atoms with Gasteiger partial charge in [-0.15, -0.1) is 0 Å². The number of aromatic nitrogens is 3. The molecule has 0 radical (unpaired) electrons. The summed E-state index contributed by atoms with van der Waals surface area (Å²) in [6.07, 6.45) is 0. The van der Waals surface area contributed by atoms with Crippen LogP contribution >= 0.6 is 0 Å². The lowest BCUT2D eigenvalue weighted by atomic mass is 10.7. The van der Waals surface area contributed by atoms with Gasteiger partial charge in [0.1, 0.15) is 5.82 Å². The number of rotatable bonds is 0. The van der Waals surface area contributed by atoms with Gasteiger partial charge in [0.05, 0.1) is 0 Å². The highest BCUT2D eigenvalue weighted by Crippen LogP contribution is 1.66. The van der Waals surface area contributed by atoms with Crippen LogP contribution in [0.2, 0.25) is 0 Å². The van der Waals surface area contributed by atoms with Gasteiger partial charge in [-0.2, -0.15) is 4.98 Å². The van der Waals surface area contributed by atoms with E-state index in [4.69, 9.17) is 0 Å². The maximum absolute atomic E-state index is 10.4. The van der Waals surface area contributed by atoms with Crippen molar-refractivity contribution in [3.8, 4) is 0 Å². The molecule has 1 aromatic heterocycles.